The van der Waals surface area contributed by atoms with Crippen LogP contribution in [0.1, 0.15) is 12.5 Å². The highest BCUT2D eigenvalue weighted by Crippen LogP contribution is 2.13. The summed E-state index contributed by atoms with van der Waals surface area (Å²) >= 11 is 0. The van der Waals surface area contributed by atoms with Gasteiger partial charge in [-0.15, -0.1) is 0 Å². The first-order valence-corrected chi connectivity index (χ1v) is 8.10. The fourth-order valence-corrected chi connectivity index (χ4v) is 2.16. The summed E-state index contributed by atoms with van der Waals surface area (Å²) in [6.07, 6.45) is 3.08. The molecule has 130 valence electrons. The molecule has 2 aromatic rings. The van der Waals surface area contributed by atoms with Crippen LogP contribution in [0.25, 0.3) is 6.08 Å². The molecule has 0 aliphatic carbocycles. The number of esters is 1. The van der Waals surface area contributed by atoms with Gasteiger partial charge in [0.1, 0.15) is 0 Å². The average molecular weight is 338 g/mol. The summed E-state index contributed by atoms with van der Waals surface area (Å²) in [6.45, 7) is 2.32. The molecule has 2 rings (SSSR count). The number of nitrogens with zero attached hydrogens (tertiary/aromatic N) is 1. The molecule has 2 aromatic carbocycles. The Bertz CT molecular complexity index is 724. The highest BCUT2D eigenvalue weighted by atomic mass is 16.5. The Labute approximate surface area is 147 Å². The van der Waals surface area contributed by atoms with E-state index < -0.39 is 0 Å². The predicted molar refractivity (Wildman–Crippen MR) is 100 cm³/mol. The van der Waals surface area contributed by atoms with E-state index in [1.165, 1.54) is 6.08 Å². The van der Waals surface area contributed by atoms with Crippen molar-refractivity contribution >= 4 is 29.3 Å². The smallest absolute Gasteiger partial charge is 0.330 e. The third kappa shape index (κ3) is 5.80. The second-order valence-corrected chi connectivity index (χ2v) is 5.35. The van der Waals surface area contributed by atoms with E-state index in [4.69, 9.17) is 4.74 Å². The number of amides is 1. The molecule has 0 radical (unpaired) electrons. The molecule has 5 nitrogen and oxygen atoms in total. The zero-order valence-corrected chi connectivity index (χ0v) is 14.4. The molecule has 1 N–H and O–H groups in total. The van der Waals surface area contributed by atoms with Gasteiger partial charge in [-0.1, -0.05) is 30.3 Å². The van der Waals surface area contributed by atoms with Gasteiger partial charge in [0.05, 0.1) is 13.2 Å². The van der Waals surface area contributed by atoms with Gasteiger partial charge in [-0.05, 0) is 42.8 Å². The highest BCUT2D eigenvalue weighted by Gasteiger charge is 2.09. The van der Waals surface area contributed by atoms with Gasteiger partial charge < -0.3 is 15.0 Å². The van der Waals surface area contributed by atoms with E-state index in [9.17, 15) is 9.59 Å². The summed E-state index contributed by atoms with van der Waals surface area (Å²) in [5, 5.41) is 3.10. The van der Waals surface area contributed by atoms with Crippen molar-refractivity contribution in [2.45, 2.75) is 6.92 Å². The number of carbonyl (C=O) groups excluding carboxylic acids is 2. The number of hydrogen-bond donors (Lipinski definition) is 1. The lowest BCUT2D eigenvalue weighted by molar-refractivity contribution is -0.137. The minimum Gasteiger partial charge on any atom is -0.463 e. The Morgan fingerprint density at radius 3 is 2.40 bits per heavy atom. The van der Waals surface area contributed by atoms with Gasteiger partial charge in [-0.3, -0.25) is 4.79 Å². The number of hydrogen-bond acceptors (Lipinski definition) is 4. The van der Waals surface area contributed by atoms with Crippen molar-refractivity contribution in [3.8, 4) is 0 Å². The number of ether oxygens (including phenoxy) is 1. The topological polar surface area (TPSA) is 58.6 Å². The second-order valence-electron chi connectivity index (χ2n) is 5.35. The van der Waals surface area contributed by atoms with Crippen LogP contribution in [-0.2, 0) is 14.3 Å². The molecule has 25 heavy (non-hydrogen) atoms. The summed E-state index contributed by atoms with van der Waals surface area (Å²) in [4.78, 5) is 25.1. The van der Waals surface area contributed by atoms with Crippen LogP contribution in [0.2, 0.25) is 0 Å². The molecule has 0 aliphatic heterocycles. The van der Waals surface area contributed by atoms with E-state index in [0.29, 0.717) is 6.61 Å². The molecule has 1 amide bonds. The lowest BCUT2D eigenvalue weighted by Crippen LogP contribution is -2.32. The maximum Gasteiger partial charge on any atom is 0.330 e. The highest BCUT2D eigenvalue weighted by molar-refractivity contribution is 5.95. The Balaban J connectivity index is 1.87. The van der Waals surface area contributed by atoms with Gasteiger partial charge in [0.2, 0.25) is 5.91 Å². The minimum absolute atomic E-state index is 0.0301. The normalized spacial score (nSPS) is 10.5. The second kappa shape index (κ2) is 9.27. The monoisotopic (exact) mass is 338 g/mol. The molecule has 0 unspecified atom stereocenters. The van der Waals surface area contributed by atoms with Crippen LogP contribution in [-0.4, -0.2) is 32.1 Å². The summed E-state index contributed by atoms with van der Waals surface area (Å²) < 4.78 is 4.83. The van der Waals surface area contributed by atoms with Crippen molar-refractivity contribution in [1.29, 1.82) is 0 Å². The molecule has 0 saturated heterocycles. The molecule has 0 heterocycles. The Morgan fingerprint density at radius 1 is 1.08 bits per heavy atom. The number of nitrogens with one attached hydrogen (secondary N) is 1. The zero-order chi connectivity index (χ0) is 18.1. The molecule has 0 aliphatic rings. The van der Waals surface area contributed by atoms with Crippen molar-refractivity contribution in [3.63, 3.8) is 0 Å². The van der Waals surface area contributed by atoms with Gasteiger partial charge in [0.15, 0.2) is 0 Å². The number of benzene rings is 2. The largest absolute Gasteiger partial charge is 0.463 e. The Hall–Kier alpha value is -3.08. The first kappa shape index (κ1) is 18.3. The fourth-order valence-electron chi connectivity index (χ4n) is 2.16. The number of likely N-dealkylation sites (N-methyl/N-ethyl adjacent to an activating group) is 1. The van der Waals surface area contributed by atoms with Crippen LogP contribution in [0.3, 0.4) is 0 Å². The lowest BCUT2D eigenvalue weighted by Gasteiger charge is -2.18. The molecule has 0 aromatic heterocycles. The van der Waals surface area contributed by atoms with Crippen LogP contribution < -0.4 is 10.2 Å². The van der Waals surface area contributed by atoms with E-state index in [1.54, 1.807) is 24.9 Å². The number of rotatable bonds is 7. The number of para-hydroxylation sites is 1. The fraction of sp³-hybridized carbons (Fsp3) is 0.200. The van der Waals surface area contributed by atoms with Gasteiger partial charge in [0.25, 0.3) is 0 Å². The molecule has 0 spiro atoms. The van der Waals surface area contributed by atoms with Crippen LogP contribution in [0, 0.1) is 0 Å². The molecule has 0 atom stereocenters. The lowest BCUT2D eigenvalue weighted by atomic mass is 10.2. The number of carbonyl (C=O) groups is 2. The van der Waals surface area contributed by atoms with E-state index in [0.717, 1.165) is 16.9 Å². The minimum atomic E-state index is -0.362. The standard InChI is InChI=1S/C20H22N2O3/c1-3-25-20(24)14-11-16-9-12-17(13-10-16)21-15-19(23)22(2)18-7-5-4-6-8-18/h4-14,21H,3,15H2,1-2H3/b14-11+. The van der Waals surface area contributed by atoms with Crippen LogP contribution in [0.5, 0.6) is 0 Å². The molecular formula is C20H22N2O3. The molecule has 0 saturated carbocycles. The Morgan fingerprint density at radius 2 is 1.76 bits per heavy atom. The van der Waals surface area contributed by atoms with Crippen molar-refractivity contribution in [2.75, 3.05) is 30.4 Å². The van der Waals surface area contributed by atoms with Gasteiger partial charge in [0, 0.05) is 24.5 Å². The Kier molecular flexibility index (Phi) is 6.77. The quantitative estimate of drug-likeness (QED) is 0.621. The van der Waals surface area contributed by atoms with Crippen LogP contribution in [0.4, 0.5) is 11.4 Å². The van der Waals surface area contributed by atoms with E-state index in [2.05, 4.69) is 5.32 Å². The SMILES string of the molecule is CCOC(=O)/C=C/c1ccc(NCC(=O)N(C)c2ccccc2)cc1. The third-order valence-electron chi connectivity index (χ3n) is 3.57. The summed E-state index contributed by atoms with van der Waals surface area (Å²) in [7, 11) is 1.75. The first-order chi connectivity index (χ1) is 12.1. The van der Waals surface area contributed by atoms with Crippen molar-refractivity contribution in [3.05, 3.63) is 66.2 Å². The summed E-state index contributed by atoms with van der Waals surface area (Å²) in [6, 6.07) is 16.9. The predicted octanol–water partition coefficient (Wildman–Crippen LogP) is 3.34. The third-order valence-corrected chi connectivity index (χ3v) is 3.57. The van der Waals surface area contributed by atoms with E-state index in [1.807, 2.05) is 54.6 Å². The van der Waals surface area contributed by atoms with Crippen molar-refractivity contribution < 1.29 is 14.3 Å². The molecule has 0 bridgehead atoms. The van der Waals surface area contributed by atoms with E-state index >= 15 is 0 Å². The van der Waals surface area contributed by atoms with Crippen molar-refractivity contribution in [2.24, 2.45) is 0 Å². The van der Waals surface area contributed by atoms with Crippen LogP contribution in [0.15, 0.2) is 60.7 Å². The van der Waals surface area contributed by atoms with Crippen molar-refractivity contribution in [1.82, 2.24) is 0 Å². The van der Waals surface area contributed by atoms with E-state index in [-0.39, 0.29) is 18.4 Å². The maximum absolute atomic E-state index is 12.2. The summed E-state index contributed by atoms with van der Waals surface area (Å²) in [5.74, 6) is -0.392. The zero-order valence-electron chi connectivity index (χ0n) is 14.4. The number of anilines is 2. The molecular weight excluding hydrogens is 316 g/mol. The first-order valence-electron chi connectivity index (χ1n) is 8.10. The van der Waals surface area contributed by atoms with Gasteiger partial charge >= 0.3 is 5.97 Å². The molecule has 5 heteroatoms. The summed E-state index contributed by atoms with van der Waals surface area (Å²) in [5.41, 5.74) is 2.57. The average Bonchev–Trinajstić information content (AvgIpc) is 2.65. The van der Waals surface area contributed by atoms with Gasteiger partial charge in [-0.2, -0.15) is 0 Å². The molecule has 0 fully saturated rings. The van der Waals surface area contributed by atoms with Crippen LogP contribution >= 0.6 is 0 Å². The van der Waals surface area contributed by atoms with Gasteiger partial charge in [-0.25, -0.2) is 4.79 Å². The maximum atomic E-state index is 12.2.